The minimum atomic E-state index is 0.493. The van der Waals surface area contributed by atoms with Crippen molar-refractivity contribution in [2.75, 3.05) is 14.2 Å². The molecule has 0 spiro atoms. The van der Waals surface area contributed by atoms with Gasteiger partial charge in [0.1, 0.15) is 11.5 Å². The quantitative estimate of drug-likeness (QED) is 0.691. The molecule has 0 bridgehead atoms. The van der Waals surface area contributed by atoms with E-state index in [9.17, 15) is 0 Å². The van der Waals surface area contributed by atoms with Crippen LogP contribution in [0.25, 0.3) is 11.3 Å². The molecule has 1 saturated carbocycles. The molecular formula is C19H19N3O2S. The number of aromatic nitrogens is 2. The lowest BCUT2D eigenvalue weighted by Gasteiger charge is -2.13. The summed E-state index contributed by atoms with van der Waals surface area (Å²) >= 11 is 1.64. The number of rotatable bonds is 5. The van der Waals surface area contributed by atoms with Gasteiger partial charge in [0.05, 0.1) is 31.8 Å². The van der Waals surface area contributed by atoms with E-state index in [4.69, 9.17) is 14.5 Å². The summed E-state index contributed by atoms with van der Waals surface area (Å²) in [5.41, 5.74) is 3.01. The zero-order valence-electron chi connectivity index (χ0n) is 14.2. The van der Waals surface area contributed by atoms with Gasteiger partial charge in [-0.2, -0.15) is 0 Å². The summed E-state index contributed by atoms with van der Waals surface area (Å²) in [6, 6.07) is 10.2. The first-order valence-corrected chi connectivity index (χ1v) is 9.05. The van der Waals surface area contributed by atoms with Crippen molar-refractivity contribution in [2.24, 2.45) is 4.99 Å². The second-order valence-corrected chi connectivity index (χ2v) is 6.73. The van der Waals surface area contributed by atoms with Crippen LogP contribution in [-0.4, -0.2) is 23.8 Å². The molecule has 6 heteroatoms. The lowest BCUT2D eigenvalue weighted by atomic mass is 10.1. The van der Waals surface area contributed by atoms with Gasteiger partial charge in [-0.1, -0.05) is 0 Å². The van der Waals surface area contributed by atoms with Crippen LogP contribution in [0.3, 0.4) is 0 Å². The fourth-order valence-electron chi connectivity index (χ4n) is 2.83. The molecule has 1 fully saturated rings. The number of ether oxygens (including phenoxy) is 2. The summed E-state index contributed by atoms with van der Waals surface area (Å²) < 4.78 is 13.3. The molecule has 2 heterocycles. The Morgan fingerprint density at radius 3 is 2.76 bits per heavy atom. The molecule has 0 radical (unpaired) electrons. The summed E-state index contributed by atoms with van der Waals surface area (Å²) in [6.07, 6.45) is 5.89. The van der Waals surface area contributed by atoms with E-state index in [1.165, 1.54) is 12.8 Å². The van der Waals surface area contributed by atoms with E-state index < -0.39 is 0 Å². The molecule has 0 N–H and O–H groups in total. The molecule has 1 aromatic carbocycles. The highest BCUT2D eigenvalue weighted by Crippen LogP contribution is 2.41. The molecule has 0 saturated heterocycles. The van der Waals surface area contributed by atoms with Gasteiger partial charge in [-0.05, 0) is 43.2 Å². The molecule has 0 unspecified atom stereocenters. The smallest absolute Gasteiger partial charge is 0.190 e. The van der Waals surface area contributed by atoms with Crippen LogP contribution < -0.4 is 14.3 Å². The molecule has 2 aromatic heterocycles. The molecule has 4 rings (SSSR count). The third kappa shape index (κ3) is 3.17. The van der Waals surface area contributed by atoms with E-state index in [0.717, 1.165) is 33.2 Å². The highest BCUT2D eigenvalue weighted by Gasteiger charge is 2.28. The van der Waals surface area contributed by atoms with Crippen LogP contribution in [0.15, 0.2) is 53.1 Å². The minimum absolute atomic E-state index is 0.493. The summed E-state index contributed by atoms with van der Waals surface area (Å²) in [5, 5.41) is 2.14. The number of methoxy groups -OCH3 is 2. The van der Waals surface area contributed by atoms with E-state index >= 15 is 0 Å². The van der Waals surface area contributed by atoms with Gasteiger partial charge >= 0.3 is 0 Å². The Balaban J connectivity index is 1.89. The maximum Gasteiger partial charge on any atom is 0.190 e. The topological polar surface area (TPSA) is 48.6 Å². The van der Waals surface area contributed by atoms with Crippen LogP contribution in [0.5, 0.6) is 11.5 Å². The maximum atomic E-state index is 5.58. The van der Waals surface area contributed by atoms with Gasteiger partial charge < -0.3 is 14.0 Å². The van der Waals surface area contributed by atoms with Gasteiger partial charge in [0, 0.05) is 23.2 Å². The standard InChI is InChI=1S/C19H19N3O2S/c1-23-15-7-8-18(24-2)16(10-15)17-12-25-19(22(17)14-5-6-14)21-13-4-3-9-20-11-13/h3-4,7-12,14H,5-6H2,1-2H3. The Morgan fingerprint density at radius 2 is 2.08 bits per heavy atom. The largest absolute Gasteiger partial charge is 0.497 e. The second kappa shape index (κ2) is 6.72. The average molecular weight is 353 g/mol. The third-order valence-electron chi connectivity index (χ3n) is 4.21. The molecule has 3 aromatic rings. The molecule has 0 amide bonds. The van der Waals surface area contributed by atoms with Crippen LogP contribution in [0.2, 0.25) is 0 Å². The number of nitrogens with zero attached hydrogens (tertiary/aromatic N) is 3. The number of thiazole rings is 1. The lowest BCUT2D eigenvalue weighted by Crippen LogP contribution is -2.14. The summed E-state index contributed by atoms with van der Waals surface area (Å²) in [6.45, 7) is 0. The van der Waals surface area contributed by atoms with Gasteiger partial charge in [-0.15, -0.1) is 11.3 Å². The molecule has 1 aliphatic rings. The van der Waals surface area contributed by atoms with Crippen molar-refractivity contribution in [3.8, 4) is 22.8 Å². The summed E-state index contributed by atoms with van der Waals surface area (Å²) in [5.74, 6) is 1.65. The fraction of sp³-hybridized carbons (Fsp3) is 0.263. The monoisotopic (exact) mass is 353 g/mol. The van der Waals surface area contributed by atoms with Crippen LogP contribution in [-0.2, 0) is 0 Å². The van der Waals surface area contributed by atoms with Gasteiger partial charge in [-0.25, -0.2) is 4.99 Å². The molecule has 25 heavy (non-hydrogen) atoms. The van der Waals surface area contributed by atoms with Crippen molar-refractivity contribution >= 4 is 17.0 Å². The third-order valence-corrected chi connectivity index (χ3v) is 5.05. The predicted octanol–water partition coefficient (Wildman–Crippen LogP) is 4.20. The first-order chi connectivity index (χ1) is 12.3. The highest BCUT2D eigenvalue weighted by molar-refractivity contribution is 7.07. The van der Waals surface area contributed by atoms with Crippen molar-refractivity contribution in [3.63, 3.8) is 0 Å². The zero-order chi connectivity index (χ0) is 17.2. The average Bonchev–Trinajstić information content (AvgIpc) is 3.42. The molecule has 0 aliphatic heterocycles. The summed E-state index contributed by atoms with van der Waals surface area (Å²) in [4.78, 5) is 9.93. The Hall–Kier alpha value is -2.60. The number of hydrogen-bond acceptors (Lipinski definition) is 5. The Kier molecular flexibility index (Phi) is 4.28. The lowest BCUT2D eigenvalue weighted by molar-refractivity contribution is 0.404. The fourth-order valence-corrected chi connectivity index (χ4v) is 3.81. The first-order valence-electron chi connectivity index (χ1n) is 8.17. The van der Waals surface area contributed by atoms with Crippen LogP contribution in [0, 0.1) is 0 Å². The summed E-state index contributed by atoms with van der Waals surface area (Å²) in [7, 11) is 3.37. The second-order valence-electron chi connectivity index (χ2n) is 5.89. The van der Waals surface area contributed by atoms with Gasteiger partial charge in [0.15, 0.2) is 4.80 Å². The van der Waals surface area contributed by atoms with Crippen molar-refractivity contribution in [3.05, 3.63) is 52.9 Å². The highest BCUT2D eigenvalue weighted by atomic mass is 32.1. The van der Waals surface area contributed by atoms with E-state index in [1.54, 1.807) is 38.0 Å². The molecule has 5 nitrogen and oxygen atoms in total. The zero-order valence-corrected chi connectivity index (χ0v) is 15.0. The normalized spacial score (nSPS) is 14.6. The Bertz CT molecular complexity index is 943. The SMILES string of the molecule is COc1ccc(OC)c(-c2csc(=Nc3cccnc3)n2C2CC2)c1. The maximum absolute atomic E-state index is 5.58. The minimum Gasteiger partial charge on any atom is -0.497 e. The predicted molar refractivity (Wildman–Crippen MR) is 98.6 cm³/mol. The van der Waals surface area contributed by atoms with E-state index in [1.807, 2.05) is 30.3 Å². The van der Waals surface area contributed by atoms with Crippen LogP contribution in [0.1, 0.15) is 18.9 Å². The Labute approximate surface area is 150 Å². The first kappa shape index (κ1) is 15.9. The van der Waals surface area contributed by atoms with Crippen LogP contribution in [0.4, 0.5) is 5.69 Å². The number of hydrogen-bond donors (Lipinski definition) is 0. The van der Waals surface area contributed by atoms with Gasteiger partial charge in [0.25, 0.3) is 0 Å². The van der Waals surface area contributed by atoms with Crippen molar-refractivity contribution < 1.29 is 9.47 Å². The number of pyridine rings is 1. The van der Waals surface area contributed by atoms with E-state index in [2.05, 4.69) is 14.9 Å². The van der Waals surface area contributed by atoms with Crippen molar-refractivity contribution in [1.29, 1.82) is 0 Å². The molecule has 0 atom stereocenters. The molecular weight excluding hydrogens is 334 g/mol. The van der Waals surface area contributed by atoms with Gasteiger partial charge in [-0.3, -0.25) is 4.98 Å². The van der Waals surface area contributed by atoms with Gasteiger partial charge in [0.2, 0.25) is 0 Å². The van der Waals surface area contributed by atoms with Crippen molar-refractivity contribution in [2.45, 2.75) is 18.9 Å². The van der Waals surface area contributed by atoms with Crippen LogP contribution >= 0.6 is 11.3 Å². The van der Waals surface area contributed by atoms with Crippen molar-refractivity contribution in [1.82, 2.24) is 9.55 Å². The molecule has 1 aliphatic carbocycles. The molecule has 128 valence electrons. The Morgan fingerprint density at radius 1 is 1.20 bits per heavy atom. The van der Waals surface area contributed by atoms with E-state index in [-0.39, 0.29) is 0 Å². The van der Waals surface area contributed by atoms with E-state index in [0.29, 0.717) is 6.04 Å². The number of benzene rings is 1.